The average molecular weight is 373 g/mol. The molecular weight excluding hydrogens is 357 g/mol. The number of alkyl halides is 4. The van der Waals surface area contributed by atoms with Crippen molar-refractivity contribution in [1.29, 1.82) is 0 Å². The van der Waals surface area contributed by atoms with Gasteiger partial charge in [0.2, 0.25) is 0 Å². The largest absolute Gasteiger partial charge is 0.501 e. The van der Waals surface area contributed by atoms with Gasteiger partial charge >= 0.3 is 5.51 Å². The number of hydrogen-bond acceptors (Lipinski definition) is 2. The van der Waals surface area contributed by atoms with Crippen molar-refractivity contribution in [2.24, 2.45) is 5.41 Å². The van der Waals surface area contributed by atoms with Crippen molar-refractivity contribution >= 4 is 25.8 Å². The molecule has 2 nitrogen and oxygen atoms in total. The van der Waals surface area contributed by atoms with Crippen LogP contribution in [-0.4, -0.2) is 18.8 Å². The normalized spacial score (nSPS) is 15.2. The second kappa shape index (κ2) is 5.67. The van der Waals surface area contributed by atoms with Crippen LogP contribution in [0.25, 0.3) is 0 Å². The van der Waals surface area contributed by atoms with Crippen LogP contribution in [0.4, 0.5) is 13.2 Å². The Bertz CT molecular complexity index is 557. The molecule has 0 saturated heterocycles. The van der Waals surface area contributed by atoms with Crippen molar-refractivity contribution in [1.82, 2.24) is 0 Å². The van der Waals surface area contributed by atoms with Gasteiger partial charge in [-0.1, -0.05) is 48.8 Å². The van der Waals surface area contributed by atoms with E-state index in [1.165, 1.54) is 12.1 Å². The quantitative estimate of drug-likeness (QED) is 0.739. The molecule has 0 aliphatic carbocycles. The molecule has 0 radical (unpaired) electrons. The number of hydrogen-bond donors (Lipinski definition) is 0. The van der Waals surface area contributed by atoms with Gasteiger partial charge in [-0.15, -0.1) is 0 Å². The van der Waals surface area contributed by atoms with E-state index >= 15 is 0 Å². The molecule has 0 N–H and O–H groups in total. The standard InChI is InChI=1S/C13H16BrF3O2S/c1-12(2,3)11(14)8-9-4-6-10(7-5-9)20(18,19)13(15,16)17/h4-7,11H,8H2,1-3H3. The molecule has 0 bridgehead atoms. The monoisotopic (exact) mass is 372 g/mol. The molecule has 0 spiro atoms. The molecule has 0 fully saturated rings. The lowest BCUT2D eigenvalue weighted by molar-refractivity contribution is -0.0436. The first-order valence-corrected chi connectivity index (χ1v) is 8.30. The van der Waals surface area contributed by atoms with Crippen molar-refractivity contribution in [2.75, 3.05) is 0 Å². The smallest absolute Gasteiger partial charge is 0.214 e. The van der Waals surface area contributed by atoms with Crippen molar-refractivity contribution in [3.05, 3.63) is 29.8 Å². The van der Waals surface area contributed by atoms with Crippen LogP contribution in [0, 0.1) is 5.41 Å². The molecule has 20 heavy (non-hydrogen) atoms. The number of sulfone groups is 1. The van der Waals surface area contributed by atoms with E-state index in [2.05, 4.69) is 15.9 Å². The molecular formula is C13H16BrF3O2S. The maximum atomic E-state index is 12.4. The highest BCUT2D eigenvalue weighted by atomic mass is 79.9. The third kappa shape index (κ3) is 3.97. The minimum atomic E-state index is -5.27. The van der Waals surface area contributed by atoms with Gasteiger partial charge in [0.25, 0.3) is 9.84 Å². The minimum absolute atomic E-state index is 0.00326. The Morgan fingerprint density at radius 2 is 1.55 bits per heavy atom. The zero-order valence-electron chi connectivity index (χ0n) is 11.3. The molecule has 0 aliphatic rings. The molecule has 0 aromatic heterocycles. The molecule has 1 unspecified atom stereocenters. The van der Waals surface area contributed by atoms with Crippen LogP contribution in [-0.2, 0) is 16.3 Å². The van der Waals surface area contributed by atoms with E-state index in [0.717, 1.165) is 17.7 Å². The van der Waals surface area contributed by atoms with E-state index in [0.29, 0.717) is 6.42 Å². The summed E-state index contributed by atoms with van der Waals surface area (Å²) < 4.78 is 59.6. The van der Waals surface area contributed by atoms with Crippen LogP contribution in [0.3, 0.4) is 0 Å². The molecule has 0 amide bonds. The van der Waals surface area contributed by atoms with Crippen LogP contribution in [0.15, 0.2) is 29.2 Å². The van der Waals surface area contributed by atoms with Gasteiger partial charge in [0.1, 0.15) is 0 Å². The van der Waals surface area contributed by atoms with E-state index in [-0.39, 0.29) is 10.2 Å². The zero-order chi connectivity index (χ0) is 15.8. The van der Waals surface area contributed by atoms with E-state index < -0.39 is 20.2 Å². The number of benzene rings is 1. The highest BCUT2D eigenvalue weighted by Crippen LogP contribution is 2.32. The van der Waals surface area contributed by atoms with Crippen LogP contribution in [0.2, 0.25) is 0 Å². The Balaban J connectivity index is 2.97. The SMILES string of the molecule is CC(C)(C)C(Br)Cc1ccc(S(=O)(=O)C(F)(F)F)cc1. The minimum Gasteiger partial charge on any atom is -0.214 e. The van der Waals surface area contributed by atoms with Crippen molar-refractivity contribution in [3.63, 3.8) is 0 Å². The van der Waals surface area contributed by atoms with E-state index in [9.17, 15) is 21.6 Å². The van der Waals surface area contributed by atoms with Crippen LogP contribution >= 0.6 is 15.9 Å². The van der Waals surface area contributed by atoms with Crippen LogP contribution < -0.4 is 0 Å². The Kier molecular flexibility index (Phi) is 4.96. The second-order valence-electron chi connectivity index (χ2n) is 5.63. The Morgan fingerprint density at radius 3 is 1.90 bits per heavy atom. The van der Waals surface area contributed by atoms with Crippen molar-refractivity contribution in [3.8, 4) is 0 Å². The molecule has 1 aromatic rings. The Labute approximate surface area is 125 Å². The molecule has 7 heteroatoms. The first kappa shape index (κ1) is 17.5. The highest BCUT2D eigenvalue weighted by molar-refractivity contribution is 9.09. The summed E-state index contributed by atoms with van der Waals surface area (Å²) in [6, 6.07) is 4.83. The Hall–Kier alpha value is -0.560. The molecule has 1 rings (SSSR count). The zero-order valence-corrected chi connectivity index (χ0v) is 13.7. The lowest BCUT2D eigenvalue weighted by atomic mass is 9.88. The summed E-state index contributed by atoms with van der Waals surface area (Å²) >= 11 is 3.53. The summed E-state index contributed by atoms with van der Waals surface area (Å²) in [5.41, 5.74) is -4.49. The molecule has 114 valence electrons. The topological polar surface area (TPSA) is 34.1 Å². The maximum absolute atomic E-state index is 12.4. The van der Waals surface area contributed by atoms with E-state index in [4.69, 9.17) is 0 Å². The third-order valence-electron chi connectivity index (χ3n) is 2.89. The maximum Gasteiger partial charge on any atom is 0.501 e. The van der Waals surface area contributed by atoms with Gasteiger partial charge in [0, 0.05) is 4.83 Å². The summed E-state index contributed by atoms with van der Waals surface area (Å²) in [5.74, 6) is 0. The van der Waals surface area contributed by atoms with Gasteiger partial charge in [0.15, 0.2) is 0 Å². The summed E-state index contributed by atoms with van der Waals surface area (Å²) in [6.45, 7) is 6.11. The number of halogens is 4. The van der Waals surface area contributed by atoms with Gasteiger partial charge in [-0.05, 0) is 29.5 Å². The van der Waals surface area contributed by atoms with Gasteiger partial charge in [0.05, 0.1) is 4.90 Å². The van der Waals surface area contributed by atoms with Crippen LogP contribution in [0.5, 0.6) is 0 Å². The number of rotatable bonds is 3. The lowest BCUT2D eigenvalue weighted by Crippen LogP contribution is -2.24. The molecule has 0 aliphatic heterocycles. The highest BCUT2D eigenvalue weighted by Gasteiger charge is 2.46. The predicted octanol–water partition coefficient (Wildman–Crippen LogP) is 4.33. The summed E-state index contributed by atoms with van der Waals surface area (Å²) in [5, 5.41) is 0. The summed E-state index contributed by atoms with van der Waals surface area (Å²) in [7, 11) is -5.26. The predicted molar refractivity (Wildman–Crippen MR) is 75.6 cm³/mol. The average Bonchev–Trinajstić information content (AvgIpc) is 2.26. The van der Waals surface area contributed by atoms with E-state index in [1.807, 2.05) is 20.8 Å². The van der Waals surface area contributed by atoms with Gasteiger partial charge in [-0.25, -0.2) is 8.42 Å². The summed E-state index contributed by atoms with van der Waals surface area (Å²) in [4.78, 5) is -0.587. The van der Waals surface area contributed by atoms with Gasteiger partial charge < -0.3 is 0 Å². The molecule has 1 atom stereocenters. The first-order chi connectivity index (χ1) is 8.85. The van der Waals surface area contributed by atoms with Crippen molar-refractivity contribution < 1.29 is 21.6 Å². The first-order valence-electron chi connectivity index (χ1n) is 5.90. The van der Waals surface area contributed by atoms with Gasteiger partial charge in [-0.2, -0.15) is 13.2 Å². The summed E-state index contributed by atoms with van der Waals surface area (Å²) in [6.07, 6.45) is 0.607. The lowest BCUT2D eigenvalue weighted by Gasteiger charge is -2.25. The fourth-order valence-electron chi connectivity index (χ4n) is 1.45. The van der Waals surface area contributed by atoms with Crippen molar-refractivity contribution in [2.45, 2.75) is 42.4 Å². The second-order valence-corrected chi connectivity index (χ2v) is 8.68. The third-order valence-corrected chi connectivity index (χ3v) is 6.09. The van der Waals surface area contributed by atoms with Gasteiger partial charge in [-0.3, -0.25) is 0 Å². The fraction of sp³-hybridized carbons (Fsp3) is 0.538. The molecule has 0 heterocycles. The van der Waals surface area contributed by atoms with Crippen LogP contribution in [0.1, 0.15) is 26.3 Å². The molecule has 1 aromatic carbocycles. The fourth-order valence-corrected chi connectivity index (χ4v) is 2.59. The van der Waals surface area contributed by atoms with E-state index in [1.54, 1.807) is 0 Å². The Morgan fingerprint density at radius 1 is 1.10 bits per heavy atom. The molecule has 0 saturated carbocycles.